The quantitative estimate of drug-likeness (QED) is 0.661. The smallest absolute Gasteiger partial charge is 0.213 e. The van der Waals surface area contributed by atoms with Crippen molar-refractivity contribution in [2.45, 2.75) is 18.7 Å². The van der Waals surface area contributed by atoms with Crippen molar-refractivity contribution in [1.29, 1.82) is 0 Å². The number of hydrogen-bond acceptors (Lipinski definition) is 2. The van der Waals surface area contributed by atoms with Gasteiger partial charge in [-0.15, -0.1) is 0 Å². The van der Waals surface area contributed by atoms with Gasteiger partial charge >= 0.3 is 0 Å². The van der Waals surface area contributed by atoms with Gasteiger partial charge in [0.25, 0.3) is 0 Å². The molecule has 0 saturated carbocycles. The Kier molecular flexibility index (Phi) is 5.07. The summed E-state index contributed by atoms with van der Waals surface area (Å²) in [5, 5.41) is 0. The third-order valence-electron chi connectivity index (χ3n) is 3.20. The van der Waals surface area contributed by atoms with Crippen LogP contribution in [0.2, 0.25) is 0 Å². The van der Waals surface area contributed by atoms with Crippen molar-refractivity contribution in [1.82, 2.24) is 0 Å². The Hall–Kier alpha value is -0.910. The summed E-state index contributed by atoms with van der Waals surface area (Å²) in [7, 11) is -3.54. The van der Waals surface area contributed by atoms with Crippen LogP contribution in [0.3, 0.4) is 0 Å². The Balaban J connectivity index is 2.56. The third-order valence-corrected chi connectivity index (χ3v) is 7.28. The fourth-order valence-corrected chi connectivity index (χ4v) is 4.27. The maximum Gasteiger partial charge on any atom is 0.213 e. The minimum Gasteiger partial charge on any atom is -0.218 e. The molecule has 5 heteroatoms. The summed E-state index contributed by atoms with van der Waals surface area (Å²) in [4.78, 5) is 0.269. The first-order valence-electron chi connectivity index (χ1n) is 6.27. The molecule has 0 aliphatic heterocycles. The van der Waals surface area contributed by atoms with Crippen LogP contribution in [0.25, 0.3) is 5.57 Å². The van der Waals surface area contributed by atoms with Gasteiger partial charge in [-0.25, -0.2) is 8.42 Å². The van der Waals surface area contributed by atoms with Crippen LogP contribution in [-0.2, 0) is 9.84 Å². The number of allylic oxidation sites excluding steroid dienone is 1. The number of benzene rings is 2. The molecule has 0 heterocycles. The molecule has 2 aromatic carbocycles. The average molecular weight is 430 g/mol. The third kappa shape index (κ3) is 3.47. The second kappa shape index (κ2) is 6.46. The van der Waals surface area contributed by atoms with Crippen molar-refractivity contribution >= 4 is 47.3 Å². The normalized spacial score (nSPS) is 13.0. The van der Waals surface area contributed by atoms with E-state index in [9.17, 15) is 8.42 Å². The largest absolute Gasteiger partial charge is 0.218 e. The zero-order chi connectivity index (χ0) is 15.6. The van der Waals surface area contributed by atoms with Crippen LogP contribution in [0.1, 0.15) is 18.1 Å². The summed E-state index contributed by atoms with van der Waals surface area (Å²) in [5.41, 5.74) is 2.67. The summed E-state index contributed by atoms with van der Waals surface area (Å²) >= 11 is 6.58. The molecule has 0 fully saturated rings. The van der Waals surface area contributed by atoms with E-state index in [1.807, 2.05) is 38.1 Å². The van der Waals surface area contributed by atoms with Crippen LogP contribution >= 0.6 is 31.9 Å². The fourth-order valence-electron chi connectivity index (χ4n) is 2.02. The molecular weight excluding hydrogens is 416 g/mol. The van der Waals surface area contributed by atoms with Crippen LogP contribution in [-0.4, -0.2) is 8.42 Å². The summed E-state index contributed by atoms with van der Waals surface area (Å²) in [6, 6.07) is 14.3. The van der Waals surface area contributed by atoms with Crippen LogP contribution in [0.15, 0.2) is 61.7 Å². The van der Waals surface area contributed by atoms with Crippen LogP contribution in [0.5, 0.6) is 0 Å². The fraction of sp³-hybridized carbons (Fsp3) is 0.125. The Bertz CT molecular complexity index is 791. The van der Waals surface area contributed by atoms with E-state index in [1.54, 1.807) is 24.3 Å². The van der Waals surface area contributed by atoms with Crippen molar-refractivity contribution < 1.29 is 8.42 Å². The van der Waals surface area contributed by atoms with Crippen LogP contribution in [0.4, 0.5) is 0 Å². The molecule has 0 amide bonds. The van der Waals surface area contributed by atoms with E-state index in [2.05, 4.69) is 31.9 Å². The zero-order valence-corrected chi connectivity index (χ0v) is 15.6. The predicted octanol–water partition coefficient (Wildman–Crippen LogP) is 5.31. The molecule has 0 atom stereocenters. The molecule has 0 aromatic heterocycles. The van der Waals surface area contributed by atoms with Crippen molar-refractivity contribution in [3.05, 3.63) is 67.9 Å². The van der Waals surface area contributed by atoms with Crippen molar-refractivity contribution in [3.63, 3.8) is 0 Å². The van der Waals surface area contributed by atoms with E-state index in [4.69, 9.17) is 0 Å². The van der Waals surface area contributed by atoms with Gasteiger partial charge in [-0.05, 0) is 70.7 Å². The molecule has 2 rings (SSSR count). The molecule has 0 N–H and O–H groups in total. The van der Waals surface area contributed by atoms with E-state index >= 15 is 0 Å². The maximum absolute atomic E-state index is 12.6. The van der Waals surface area contributed by atoms with E-state index in [1.165, 1.54) is 0 Å². The van der Waals surface area contributed by atoms with Gasteiger partial charge in [-0.3, -0.25) is 0 Å². The van der Waals surface area contributed by atoms with Gasteiger partial charge in [0.05, 0.1) is 4.90 Å². The topological polar surface area (TPSA) is 34.1 Å². The van der Waals surface area contributed by atoms with E-state index < -0.39 is 9.84 Å². The average Bonchev–Trinajstić information content (AvgIpc) is 2.46. The Morgan fingerprint density at radius 3 is 2.14 bits per heavy atom. The van der Waals surface area contributed by atoms with Gasteiger partial charge in [0.1, 0.15) is 3.81 Å². The van der Waals surface area contributed by atoms with Gasteiger partial charge in [0.15, 0.2) is 0 Å². The van der Waals surface area contributed by atoms with Crippen LogP contribution < -0.4 is 0 Å². The maximum atomic E-state index is 12.6. The Morgan fingerprint density at radius 1 is 1.00 bits per heavy atom. The zero-order valence-electron chi connectivity index (χ0n) is 11.6. The first-order valence-corrected chi connectivity index (χ1v) is 9.34. The molecule has 2 aromatic rings. The van der Waals surface area contributed by atoms with Crippen molar-refractivity contribution in [2.75, 3.05) is 0 Å². The summed E-state index contributed by atoms with van der Waals surface area (Å²) in [6.07, 6.45) is 0. The number of sulfone groups is 1. The summed E-state index contributed by atoms with van der Waals surface area (Å²) < 4.78 is 26.3. The highest BCUT2D eigenvalue weighted by Gasteiger charge is 2.21. The van der Waals surface area contributed by atoms with Gasteiger partial charge in [0, 0.05) is 4.47 Å². The molecule has 0 aliphatic carbocycles. The summed E-state index contributed by atoms with van der Waals surface area (Å²) in [5.74, 6) is 0. The molecule has 2 nitrogen and oxygen atoms in total. The molecule has 0 radical (unpaired) electrons. The van der Waals surface area contributed by atoms with E-state index in [0.717, 1.165) is 15.6 Å². The standard InChI is InChI=1S/C16H14Br2O2S/c1-11-5-3-4-6-15(11)12(2)16(18)21(19,20)14-9-7-13(17)8-10-14/h3-10H,1-2H3/b16-12+. The van der Waals surface area contributed by atoms with Gasteiger partial charge < -0.3 is 0 Å². The lowest BCUT2D eigenvalue weighted by Gasteiger charge is -2.10. The van der Waals surface area contributed by atoms with Crippen molar-refractivity contribution in [3.8, 4) is 0 Å². The molecule has 21 heavy (non-hydrogen) atoms. The highest BCUT2D eigenvalue weighted by atomic mass is 79.9. The number of aryl methyl sites for hydroxylation is 1. The number of hydrogen-bond donors (Lipinski definition) is 0. The van der Waals surface area contributed by atoms with E-state index in [-0.39, 0.29) is 8.71 Å². The first kappa shape index (κ1) is 16.5. The molecule has 0 unspecified atom stereocenters. The van der Waals surface area contributed by atoms with Crippen LogP contribution in [0, 0.1) is 6.92 Å². The molecule has 110 valence electrons. The Labute approximate surface area is 142 Å². The van der Waals surface area contributed by atoms with Crippen molar-refractivity contribution in [2.24, 2.45) is 0 Å². The minimum absolute atomic E-state index is 0.201. The Morgan fingerprint density at radius 2 is 1.57 bits per heavy atom. The lowest BCUT2D eigenvalue weighted by Crippen LogP contribution is -2.02. The minimum atomic E-state index is -3.54. The predicted molar refractivity (Wildman–Crippen MR) is 94.0 cm³/mol. The number of halogens is 2. The second-order valence-corrected chi connectivity index (χ2v) is 8.79. The monoisotopic (exact) mass is 428 g/mol. The molecule has 0 bridgehead atoms. The molecule has 0 aliphatic rings. The number of rotatable bonds is 3. The highest BCUT2D eigenvalue weighted by Crippen LogP contribution is 2.33. The molecule has 0 spiro atoms. The van der Waals surface area contributed by atoms with Gasteiger partial charge in [-0.1, -0.05) is 40.2 Å². The summed E-state index contributed by atoms with van der Waals surface area (Å²) in [6.45, 7) is 3.77. The molecular formula is C16H14Br2O2S. The highest BCUT2D eigenvalue weighted by molar-refractivity contribution is 9.13. The lowest BCUT2D eigenvalue weighted by atomic mass is 10.0. The van der Waals surface area contributed by atoms with E-state index in [0.29, 0.717) is 5.57 Å². The SMILES string of the molecule is C/C(=C(/Br)S(=O)(=O)c1ccc(Br)cc1)c1ccccc1C. The molecule has 0 saturated heterocycles. The van der Waals surface area contributed by atoms with Gasteiger partial charge in [0.2, 0.25) is 9.84 Å². The van der Waals surface area contributed by atoms with Gasteiger partial charge in [-0.2, -0.15) is 0 Å². The lowest BCUT2D eigenvalue weighted by molar-refractivity contribution is 0.604. The second-order valence-electron chi connectivity index (χ2n) is 4.67. The first-order chi connectivity index (χ1) is 9.84.